The molecule has 0 spiro atoms. The van der Waals surface area contributed by atoms with Crippen molar-refractivity contribution in [3.8, 4) is 5.69 Å². The van der Waals surface area contributed by atoms with Gasteiger partial charge in [-0.1, -0.05) is 23.4 Å². The molecule has 1 atom stereocenters. The third-order valence-corrected chi connectivity index (χ3v) is 5.10. The van der Waals surface area contributed by atoms with Crippen LogP contribution in [0.2, 0.25) is 0 Å². The Morgan fingerprint density at radius 2 is 2.04 bits per heavy atom. The van der Waals surface area contributed by atoms with Crippen LogP contribution in [0.15, 0.2) is 30.3 Å². The Bertz CT molecular complexity index is 775. The van der Waals surface area contributed by atoms with Crippen LogP contribution in [-0.2, 0) is 17.8 Å². The molecule has 1 fully saturated rings. The van der Waals surface area contributed by atoms with Gasteiger partial charge in [-0.05, 0) is 25.0 Å². The van der Waals surface area contributed by atoms with E-state index in [9.17, 15) is 13.6 Å². The second-order valence-electron chi connectivity index (χ2n) is 6.89. The average Bonchev–Trinajstić information content (AvgIpc) is 3.04. The summed E-state index contributed by atoms with van der Waals surface area (Å²) in [5.41, 5.74) is 2.68. The fourth-order valence-electron chi connectivity index (χ4n) is 3.81. The van der Waals surface area contributed by atoms with Crippen molar-refractivity contribution in [1.82, 2.24) is 19.9 Å². The van der Waals surface area contributed by atoms with E-state index < -0.39 is 11.8 Å². The summed E-state index contributed by atoms with van der Waals surface area (Å²) < 4.78 is 29.0. The van der Waals surface area contributed by atoms with Crippen molar-refractivity contribution in [2.45, 2.75) is 44.6 Å². The van der Waals surface area contributed by atoms with Crippen LogP contribution >= 0.6 is 0 Å². The number of aromatic nitrogens is 3. The highest BCUT2D eigenvalue weighted by Crippen LogP contribution is 2.38. The Hall–Kier alpha value is -2.31. The molecule has 2 aromatic rings. The number of hydrogen-bond donors (Lipinski definition) is 0. The Balaban J connectivity index is 1.50. The number of benzene rings is 1. The number of carbonyl (C=O) groups is 1. The van der Waals surface area contributed by atoms with E-state index >= 15 is 0 Å². The largest absolute Gasteiger partial charge is 0.336 e. The van der Waals surface area contributed by atoms with Gasteiger partial charge in [-0.2, -0.15) is 0 Å². The number of fused-ring (bicyclic) bond motifs is 1. The van der Waals surface area contributed by atoms with E-state index in [1.165, 1.54) is 0 Å². The summed E-state index contributed by atoms with van der Waals surface area (Å²) in [6.45, 7) is 0.872. The van der Waals surface area contributed by atoms with Gasteiger partial charge < -0.3 is 4.90 Å². The van der Waals surface area contributed by atoms with Crippen LogP contribution in [0.4, 0.5) is 8.78 Å². The number of para-hydroxylation sites is 1. The summed E-state index contributed by atoms with van der Waals surface area (Å²) >= 11 is 0. The maximum absolute atomic E-state index is 13.6. The fraction of sp³-hybridized carbons (Fsp3) is 0.500. The number of nitrogens with zero attached hydrogens (tertiary/aromatic N) is 4. The van der Waals surface area contributed by atoms with Crippen molar-refractivity contribution in [3.05, 3.63) is 41.7 Å². The third kappa shape index (κ3) is 3.15. The zero-order valence-corrected chi connectivity index (χ0v) is 13.9. The maximum Gasteiger partial charge on any atom is 0.248 e. The molecule has 1 aromatic carbocycles. The first-order valence-electron chi connectivity index (χ1n) is 8.69. The summed E-state index contributed by atoms with van der Waals surface area (Å²) in [4.78, 5) is 14.3. The number of amides is 1. The molecule has 25 heavy (non-hydrogen) atoms. The highest BCUT2D eigenvalue weighted by Gasteiger charge is 2.41. The second-order valence-corrected chi connectivity index (χ2v) is 6.89. The van der Waals surface area contributed by atoms with Crippen molar-refractivity contribution in [1.29, 1.82) is 0 Å². The van der Waals surface area contributed by atoms with Gasteiger partial charge in [-0.3, -0.25) is 4.79 Å². The molecule has 5 nitrogen and oxygen atoms in total. The van der Waals surface area contributed by atoms with Gasteiger partial charge in [0, 0.05) is 31.7 Å². The van der Waals surface area contributed by atoms with E-state index in [0.29, 0.717) is 32.4 Å². The van der Waals surface area contributed by atoms with E-state index in [1.54, 1.807) is 9.58 Å². The molecule has 0 radical (unpaired) electrons. The molecule has 1 amide bonds. The standard InChI is InChI=1S/C18H20F2N4O/c19-18(20)9-4-5-13(11-18)17(25)23-10-8-16-15(12-23)21-22-24(16)14-6-2-1-3-7-14/h1-3,6-7,13H,4-5,8-12H2. The van der Waals surface area contributed by atoms with E-state index in [-0.39, 0.29) is 18.7 Å². The molecule has 2 heterocycles. The Morgan fingerprint density at radius 3 is 2.80 bits per heavy atom. The molecular formula is C18H20F2N4O. The number of alkyl halides is 2. The number of hydrogen-bond acceptors (Lipinski definition) is 3. The van der Waals surface area contributed by atoms with Crippen LogP contribution < -0.4 is 0 Å². The van der Waals surface area contributed by atoms with Crippen molar-refractivity contribution < 1.29 is 13.6 Å². The summed E-state index contributed by atoms with van der Waals surface area (Å²) in [6, 6.07) is 9.72. The maximum atomic E-state index is 13.6. The molecule has 1 unspecified atom stereocenters. The van der Waals surface area contributed by atoms with Gasteiger partial charge in [0.2, 0.25) is 11.8 Å². The smallest absolute Gasteiger partial charge is 0.248 e. The minimum Gasteiger partial charge on any atom is -0.336 e. The van der Waals surface area contributed by atoms with E-state index in [4.69, 9.17) is 0 Å². The Labute approximate surface area is 144 Å². The van der Waals surface area contributed by atoms with Crippen molar-refractivity contribution in [3.63, 3.8) is 0 Å². The normalized spacial score (nSPS) is 22.5. The molecule has 4 rings (SSSR count). The first kappa shape index (κ1) is 16.2. The molecule has 0 saturated heterocycles. The monoisotopic (exact) mass is 346 g/mol. The number of rotatable bonds is 2. The van der Waals surface area contributed by atoms with Crippen LogP contribution in [0.1, 0.15) is 37.1 Å². The minimum atomic E-state index is -2.71. The predicted molar refractivity (Wildman–Crippen MR) is 87.4 cm³/mol. The van der Waals surface area contributed by atoms with E-state index in [2.05, 4.69) is 10.3 Å². The number of carbonyl (C=O) groups excluding carboxylic acids is 1. The predicted octanol–water partition coefficient (Wildman–Crippen LogP) is 2.98. The molecule has 0 N–H and O–H groups in total. The lowest BCUT2D eigenvalue weighted by Gasteiger charge is -2.34. The third-order valence-electron chi connectivity index (χ3n) is 5.10. The topological polar surface area (TPSA) is 51.0 Å². The van der Waals surface area contributed by atoms with Crippen LogP contribution in [0.5, 0.6) is 0 Å². The molecule has 1 aromatic heterocycles. The molecule has 7 heteroatoms. The summed E-state index contributed by atoms with van der Waals surface area (Å²) in [5, 5.41) is 8.42. The summed E-state index contributed by atoms with van der Waals surface area (Å²) in [7, 11) is 0. The summed E-state index contributed by atoms with van der Waals surface area (Å²) in [5.74, 6) is -3.45. The van der Waals surface area contributed by atoms with Crippen LogP contribution in [0.3, 0.4) is 0 Å². The second kappa shape index (κ2) is 6.20. The zero-order chi connectivity index (χ0) is 17.4. The van der Waals surface area contributed by atoms with Gasteiger partial charge >= 0.3 is 0 Å². The molecule has 1 saturated carbocycles. The van der Waals surface area contributed by atoms with Gasteiger partial charge in [0.25, 0.3) is 0 Å². The lowest BCUT2D eigenvalue weighted by Crippen LogP contribution is -2.43. The zero-order valence-electron chi connectivity index (χ0n) is 13.9. The SMILES string of the molecule is O=C(C1CCCC(F)(F)C1)N1CCc2c(nnn2-c2ccccc2)C1. The first-order chi connectivity index (χ1) is 12.0. The van der Waals surface area contributed by atoms with Crippen molar-refractivity contribution in [2.24, 2.45) is 5.92 Å². The molecule has 0 bridgehead atoms. The molecule has 1 aliphatic heterocycles. The molecule has 1 aliphatic carbocycles. The first-order valence-corrected chi connectivity index (χ1v) is 8.69. The van der Waals surface area contributed by atoms with E-state index in [1.807, 2.05) is 30.3 Å². The van der Waals surface area contributed by atoms with Gasteiger partial charge in [0.05, 0.1) is 17.9 Å². The summed E-state index contributed by atoms with van der Waals surface area (Å²) in [6.07, 6.45) is 1.16. The van der Waals surface area contributed by atoms with Gasteiger partial charge in [-0.25, -0.2) is 13.5 Å². The minimum absolute atomic E-state index is 0.105. The fourth-order valence-corrected chi connectivity index (χ4v) is 3.81. The van der Waals surface area contributed by atoms with Gasteiger partial charge in [0.15, 0.2) is 0 Å². The van der Waals surface area contributed by atoms with Gasteiger partial charge in [-0.15, -0.1) is 5.10 Å². The van der Waals surface area contributed by atoms with Crippen LogP contribution in [0, 0.1) is 5.92 Å². The Kier molecular flexibility index (Phi) is 4.01. The van der Waals surface area contributed by atoms with Crippen LogP contribution in [-0.4, -0.2) is 38.3 Å². The molecule has 132 valence electrons. The van der Waals surface area contributed by atoms with Crippen molar-refractivity contribution >= 4 is 5.91 Å². The average molecular weight is 346 g/mol. The quantitative estimate of drug-likeness (QED) is 0.840. The lowest BCUT2D eigenvalue weighted by atomic mass is 9.85. The van der Waals surface area contributed by atoms with Gasteiger partial charge in [0.1, 0.15) is 5.69 Å². The highest BCUT2D eigenvalue weighted by atomic mass is 19.3. The lowest BCUT2D eigenvalue weighted by molar-refractivity contribution is -0.143. The molecule has 2 aliphatic rings. The Morgan fingerprint density at radius 1 is 1.24 bits per heavy atom. The van der Waals surface area contributed by atoms with Crippen molar-refractivity contribution in [2.75, 3.05) is 6.54 Å². The van der Waals surface area contributed by atoms with E-state index in [0.717, 1.165) is 17.1 Å². The number of halogens is 2. The highest BCUT2D eigenvalue weighted by molar-refractivity contribution is 5.79. The molecular weight excluding hydrogens is 326 g/mol. The van der Waals surface area contributed by atoms with Crippen LogP contribution in [0.25, 0.3) is 5.69 Å².